The third-order valence-corrected chi connectivity index (χ3v) is 6.77. The van der Waals surface area contributed by atoms with Crippen molar-refractivity contribution < 1.29 is 4.79 Å². The van der Waals surface area contributed by atoms with Gasteiger partial charge in [-0.1, -0.05) is 35.3 Å². The van der Waals surface area contributed by atoms with Gasteiger partial charge in [-0.15, -0.1) is 0 Å². The highest BCUT2D eigenvalue weighted by Crippen LogP contribution is 2.27. The maximum Gasteiger partial charge on any atom is 0.225 e. The van der Waals surface area contributed by atoms with Crippen LogP contribution in [0.4, 0.5) is 0 Å². The van der Waals surface area contributed by atoms with E-state index in [-0.39, 0.29) is 11.8 Å². The SMILES string of the molecule is CC(Cc1ccc(C#N)cc1)(NC(=O)[C@H]1CCCN(Cc2cc(Cl)cc(Cl)c2)C1)c1cnc[nH]1. The van der Waals surface area contributed by atoms with E-state index in [9.17, 15) is 4.79 Å². The second-order valence-corrected chi connectivity index (χ2v) is 10.00. The highest BCUT2D eigenvalue weighted by Gasteiger charge is 2.34. The summed E-state index contributed by atoms with van der Waals surface area (Å²) < 4.78 is 0. The van der Waals surface area contributed by atoms with Crippen LogP contribution in [0.1, 0.15) is 42.1 Å². The minimum atomic E-state index is -0.662. The summed E-state index contributed by atoms with van der Waals surface area (Å²) in [5, 5.41) is 13.6. The van der Waals surface area contributed by atoms with Crippen LogP contribution >= 0.6 is 23.2 Å². The number of amides is 1. The third kappa shape index (κ3) is 5.98. The van der Waals surface area contributed by atoms with Gasteiger partial charge in [-0.05, 0) is 67.8 Å². The number of aromatic nitrogens is 2. The predicted molar refractivity (Wildman–Crippen MR) is 133 cm³/mol. The molecule has 1 fully saturated rings. The van der Waals surface area contributed by atoms with Gasteiger partial charge in [0.15, 0.2) is 0 Å². The summed E-state index contributed by atoms with van der Waals surface area (Å²) in [6.07, 6.45) is 5.73. The van der Waals surface area contributed by atoms with Crippen molar-refractivity contribution in [2.24, 2.45) is 5.92 Å². The number of benzene rings is 2. The van der Waals surface area contributed by atoms with Gasteiger partial charge in [0.1, 0.15) is 0 Å². The van der Waals surface area contributed by atoms with Crippen molar-refractivity contribution in [1.29, 1.82) is 5.26 Å². The van der Waals surface area contributed by atoms with Crippen LogP contribution in [0.2, 0.25) is 10.0 Å². The van der Waals surface area contributed by atoms with Crippen LogP contribution in [0.15, 0.2) is 55.0 Å². The number of hydrogen-bond donors (Lipinski definition) is 2. The molecule has 1 unspecified atom stereocenters. The first kappa shape index (κ1) is 24.3. The number of carbonyl (C=O) groups is 1. The van der Waals surface area contributed by atoms with E-state index in [1.54, 1.807) is 30.7 Å². The van der Waals surface area contributed by atoms with Gasteiger partial charge in [-0.3, -0.25) is 9.69 Å². The van der Waals surface area contributed by atoms with E-state index in [4.69, 9.17) is 28.5 Å². The maximum atomic E-state index is 13.4. The van der Waals surface area contributed by atoms with Gasteiger partial charge in [-0.2, -0.15) is 5.26 Å². The van der Waals surface area contributed by atoms with Crippen molar-refractivity contribution in [3.63, 3.8) is 0 Å². The molecule has 0 saturated carbocycles. The quantitative estimate of drug-likeness (QED) is 0.478. The average Bonchev–Trinajstić information content (AvgIpc) is 3.35. The fourth-order valence-corrected chi connectivity index (χ4v) is 5.19. The van der Waals surface area contributed by atoms with E-state index in [1.807, 2.05) is 31.2 Å². The Labute approximate surface area is 209 Å². The molecule has 8 heteroatoms. The molecule has 176 valence electrons. The Morgan fingerprint density at radius 3 is 2.62 bits per heavy atom. The third-order valence-electron chi connectivity index (χ3n) is 6.34. The second-order valence-electron chi connectivity index (χ2n) is 9.12. The number of nitrogens with zero attached hydrogens (tertiary/aromatic N) is 3. The number of H-pyrrole nitrogens is 1. The van der Waals surface area contributed by atoms with Crippen LogP contribution < -0.4 is 5.32 Å². The van der Waals surface area contributed by atoms with Gasteiger partial charge in [-0.25, -0.2) is 4.98 Å². The van der Waals surface area contributed by atoms with Crippen LogP contribution in [0.5, 0.6) is 0 Å². The van der Waals surface area contributed by atoms with E-state index in [1.165, 1.54) is 0 Å². The van der Waals surface area contributed by atoms with Crippen LogP contribution in [-0.4, -0.2) is 33.9 Å². The molecule has 1 aliphatic heterocycles. The van der Waals surface area contributed by atoms with Crippen LogP contribution in [-0.2, 0) is 23.3 Å². The number of carbonyl (C=O) groups excluding carboxylic acids is 1. The molecule has 6 nitrogen and oxygen atoms in total. The first-order valence-corrected chi connectivity index (χ1v) is 12.1. The summed E-state index contributed by atoms with van der Waals surface area (Å²) in [7, 11) is 0. The van der Waals surface area contributed by atoms with Crippen molar-refractivity contribution in [2.75, 3.05) is 13.1 Å². The second kappa shape index (κ2) is 10.6. The zero-order chi connectivity index (χ0) is 24.1. The standard InChI is InChI=1S/C26H27Cl2N5O/c1-26(24-14-30-17-31-24,12-18-4-6-19(13-29)7-5-18)32-25(34)21-3-2-8-33(16-21)15-20-9-22(27)11-23(28)10-20/h4-7,9-11,14,17,21H,2-3,8,12,15-16H2,1H3,(H,30,31)(H,32,34)/t21-,26?/m0/s1. The first-order chi connectivity index (χ1) is 16.3. The molecule has 4 rings (SSSR count). The van der Waals surface area contributed by atoms with Gasteiger partial charge in [0.25, 0.3) is 0 Å². The van der Waals surface area contributed by atoms with Crippen molar-refractivity contribution >= 4 is 29.1 Å². The number of piperidine rings is 1. The molecule has 1 saturated heterocycles. The van der Waals surface area contributed by atoms with E-state index in [2.05, 4.69) is 26.3 Å². The molecule has 2 N–H and O–H groups in total. The van der Waals surface area contributed by atoms with Crippen LogP contribution in [0, 0.1) is 17.2 Å². The van der Waals surface area contributed by atoms with E-state index < -0.39 is 5.54 Å². The largest absolute Gasteiger partial charge is 0.347 e. The molecule has 0 spiro atoms. The van der Waals surface area contributed by atoms with Gasteiger partial charge in [0, 0.05) is 29.6 Å². The number of hydrogen-bond acceptors (Lipinski definition) is 4. The lowest BCUT2D eigenvalue weighted by atomic mass is 9.87. The zero-order valence-electron chi connectivity index (χ0n) is 19.0. The van der Waals surface area contributed by atoms with Crippen molar-refractivity contribution in [3.8, 4) is 6.07 Å². The minimum absolute atomic E-state index is 0.0274. The summed E-state index contributed by atoms with van der Waals surface area (Å²) in [4.78, 5) is 23.1. The Hall–Kier alpha value is -2.85. The Kier molecular flexibility index (Phi) is 7.57. The number of aromatic amines is 1. The Morgan fingerprint density at radius 2 is 1.97 bits per heavy atom. The minimum Gasteiger partial charge on any atom is -0.347 e. The van der Waals surface area contributed by atoms with Crippen molar-refractivity contribution in [1.82, 2.24) is 20.2 Å². The smallest absolute Gasteiger partial charge is 0.225 e. The summed E-state index contributed by atoms with van der Waals surface area (Å²) in [6, 6.07) is 15.2. The molecule has 0 radical (unpaired) electrons. The number of imidazole rings is 1. The molecule has 1 amide bonds. The van der Waals surface area contributed by atoms with Crippen molar-refractivity contribution in [3.05, 3.63) is 87.4 Å². The molecule has 34 heavy (non-hydrogen) atoms. The fraction of sp³-hybridized carbons (Fsp3) is 0.346. The van der Waals surface area contributed by atoms with Gasteiger partial charge >= 0.3 is 0 Å². The molecular formula is C26H27Cl2N5O. The highest BCUT2D eigenvalue weighted by atomic mass is 35.5. The normalized spacial score (nSPS) is 18.1. The fourth-order valence-electron chi connectivity index (χ4n) is 4.62. The number of likely N-dealkylation sites (tertiary alicyclic amines) is 1. The Balaban J connectivity index is 1.46. The summed E-state index contributed by atoms with van der Waals surface area (Å²) in [6.45, 7) is 4.31. The molecule has 1 aromatic heterocycles. The van der Waals surface area contributed by atoms with Crippen molar-refractivity contribution in [2.45, 2.75) is 38.3 Å². The zero-order valence-corrected chi connectivity index (χ0v) is 20.5. The number of nitrogens with one attached hydrogen (secondary N) is 2. The van der Waals surface area contributed by atoms with Gasteiger partial charge in [0.05, 0.1) is 41.3 Å². The molecule has 0 aliphatic carbocycles. The molecule has 0 bridgehead atoms. The van der Waals surface area contributed by atoms with Crippen LogP contribution in [0.3, 0.4) is 0 Å². The lowest BCUT2D eigenvalue weighted by molar-refractivity contribution is -0.128. The topological polar surface area (TPSA) is 84.8 Å². The molecule has 3 aromatic rings. The van der Waals surface area contributed by atoms with E-state index >= 15 is 0 Å². The van der Waals surface area contributed by atoms with E-state index in [0.717, 1.165) is 36.2 Å². The Bertz CT molecular complexity index is 1150. The average molecular weight is 496 g/mol. The molecular weight excluding hydrogens is 469 g/mol. The monoisotopic (exact) mass is 495 g/mol. The van der Waals surface area contributed by atoms with E-state index in [0.29, 0.717) is 35.1 Å². The number of nitriles is 1. The highest BCUT2D eigenvalue weighted by molar-refractivity contribution is 6.34. The maximum absolute atomic E-state index is 13.4. The lowest BCUT2D eigenvalue weighted by Gasteiger charge is -2.36. The lowest BCUT2D eigenvalue weighted by Crippen LogP contribution is -2.51. The summed E-state index contributed by atoms with van der Waals surface area (Å²) in [5.41, 5.74) is 2.86. The molecule has 2 aromatic carbocycles. The van der Waals surface area contributed by atoms with Crippen LogP contribution in [0.25, 0.3) is 0 Å². The first-order valence-electron chi connectivity index (χ1n) is 11.3. The van der Waals surface area contributed by atoms with Gasteiger partial charge in [0.2, 0.25) is 5.91 Å². The van der Waals surface area contributed by atoms with Gasteiger partial charge < -0.3 is 10.3 Å². The number of halogens is 2. The molecule has 1 aliphatic rings. The number of rotatable bonds is 7. The molecule has 2 heterocycles. The summed E-state index contributed by atoms with van der Waals surface area (Å²) in [5.74, 6) is -0.0915. The Morgan fingerprint density at radius 1 is 1.24 bits per heavy atom. The molecule has 2 atom stereocenters. The predicted octanol–water partition coefficient (Wildman–Crippen LogP) is 5.07. The summed E-state index contributed by atoms with van der Waals surface area (Å²) >= 11 is 12.3.